The molecule has 0 aromatic rings. The van der Waals surface area contributed by atoms with Crippen molar-refractivity contribution in [1.29, 1.82) is 0 Å². The van der Waals surface area contributed by atoms with Crippen molar-refractivity contribution in [3.05, 3.63) is 0 Å². The average molecular weight is 341 g/mol. The largest absolute Gasteiger partial charge is 0.443 e. The second kappa shape index (κ2) is 9.39. The molecule has 0 aliphatic carbocycles. The Morgan fingerprint density at radius 2 is 1.62 bits per heavy atom. The molecule has 0 aliphatic heterocycles. The number of hydrogen-bond donors (Lipinski definition) is 0. The molecule has 2 amide bonds. The van der Waals surface area contributed by atoms with Gasteiger partial charge in [-0.15, -0.1) is 0 Å². The molecule has 0 bridgehead atoms. The topological polar surface area (TPSA) is 79.3 Å². The van der Waals surface area contributed by atoms with Crippen molar-refractivity contribution >= 4 is 23.7 Å². The van der Waals surface area contributed by atoms with Crippen molar-refractivity contribution in [1.82, 2.24) is 9.80 Å². The van der Waals surface area contributed by atoms with Crippen LogP contribution in [0.15, 0.2) is 4.99 Å². The lowest BCUT2D eigenvalue weighted by molar-refractivity contribution is -0.124. The highest BCUT2D eigenvalue weighted by Gasteiger charge is 2.26. The number of ketones is 1. The van der Waals surface area contributed by atoms with Gasteiger partial charge in [0.05, 0.1) is 0 Å². The summed E-state index contributed by atoms with van der Waals surface area (Å²) in [6.45, 7) is 10.6. The molecular weight excluding hydrogens is 310 g/mol. The Kier molecular flexibility index (Phi) is 8.64. The molecule has 1 unspecified atom stereocenters. The maximum absolute atomic E-state index is 12.2. The zero-order valence-electron chi connectivity index (χ0n) is 16.2. The van der Waals surface area contributed by atoms with Crippen LogP contribution in [-0.2, 0) is 14.3 Å². The molecule has 1 atom stereocenters. The van der Waals surface area contributed by atoms with Gasteiger partial charge in [0.15, 0.2) is 0 Å². The summed E-state index contributed by atoms with van der Waals surface area (Å²) in [5.41, 5.74) is -0.637. The number of hydrogen-bond acceptors (Lipinski definition) is 5. The molecule has 138 valence electrons. The molecule has 0 fully saturated rings. The lowest BCUT2D eigenvalue weighted by atomic mass is 10.0. The SMILES string of the molecule is CC(=O)C(C)CCC/N=C(/N(C)C(C)=O)N(C)C(=O)OC(C)(C)C. The second-order valence-corrected chi connectivity index (χ2v) is 6.95. The zero-order valence-corrected chi connectivity index (χ0v) is 16.2. The zero-order chi connectivity index (χ0) is 19.1. The third-order valence-electron chi connectivity index (χ3n) is 3.48. The van der Waals surface area contributed by atoms with Gasteiger partial charge in [-0.1, -0.05) is 6.92 Å². The molecule has 0 heterocycles. The molecular formula is C17H31N3O4. The first-order chi connectivity index (χ1) is 10.9. The van der Waals surface area contributed by atoms with Gasteiger partial charge in [0.1, 0.15) is 11.4 Å². The number of carbonyl (C=O) groups is 3. The van der Waals surface area contributed by atoms with Crippen LogP contribution in [0.25, 0.3) is 0 Å². The fraction of sp³-hybridized carbons (Fsp3) is 0.765. The summed E-state index contributed by atoms with van der Waals surface area (Å²) in [5.74, 6) is 0.122. The summed E-state index contributed by atoms with van der Waals surface area (Å²) >= 11 is 0. The van der Waals surface area contributed by atoms with Crippen molar-refractivity contribution in [2.75, 3.05) is 20.6 Å². The van der Waals surface area contributed by atoms with E-state index in [0.29, 0.717) is 19.4 Å². The minimum Gasteiger partial charge on any atom is -0.443 e. The first kappa shape index (κ1) is 22.1. The van der Waals surface area contributed by atoms with E-state index in [9.17, 15) is 14.4 Å². The minimum absolute atomic E-state index is 0.0160. The van der Waals surface area contributed by atoms with Crippen LogP contribution in [0.4, 0.5) is 4.79 Å². The quantitative estimate of drug-likeness (QED) is 0.437. The van der Waals surface area contributed by atoms with E-state index in [2.05, 4.69) is 4.99 Å². The number of rotatable bonds is 5. The highest BCUT2D eigenvalue weighted by Crippen LogP contribution is 2.11. The van der Waals surface area contributed by atoms with Gasteiger partial charge >= 0.3 is 6.09 Å². The Morgan fingerprint density at radius 3 is 2.04 bits per heavy atom. The molecule has 0 saturated carbocycles. The molecule has 0 N–H and O–H groups in total. The number of Topliss-reactive ketones (excluding diaryl/α,β-unsaturated/α-hetero) is 1. The first-order valence-electron chi connectivity index (χ1n) is 8.12. The van der Waals surface area contributed by atoms with Crippen LogP contribution in [0, 0.1) is 5.92 Å². The number of amides is 2. The smallest absolute Gasteiger partial charge is 0.416 e. The fourth-order valence-electron chi connectivity index (χ4n) is 1.77. The third kappa shape index (κ3) is 8.08. The van der Waals surface area contributed by atoms with Crippen LogP contribution in [0.1, 0.15) is 54.4 Å². The van der Waals surface area contributed by atoms with Crippen molar-refractivity contribution in [2.24, 2.45) is 10.9 Å². The predicted molar refractivity (Wildman–Crippen MR) is 93.8 cm³/mol. The van der Waals surface area contributed by atoms with E-state index in [0.717, 1.165) is 0 Å². The Morgan fingerprint density at radius 1 is 1.08 bits per heavy atom. The average Bonchev–Trinajstić information content (AvgIpc) is 2.43. The summed E-state index contributed by atoms with van der Waals surface area (Å²) in [6.07, 6.45) is 0.830. The standard InChI is InChI=1S/C17H31N3O4/c1-12(13(2)21)10-9-11-18-15(19(7)14(3)22)20(8)16(23)24-17(4,5)6/h12H,9-11H2,1-8H3/b18-15-. The van der Waals surface area contributed by atoms with E-state index in [1.54, 1.807) is 34.7 Å². The van der Waals surface area contributed by atoms with Crippen LogP contribution >= 0.6 is 0 Å². The van der Waals surface area contributed by atoms with Gasteiger partial charge in [-0.3, -0.25) is 24.4 Å². The van der Waals surface area contributed by atoms with E-state index in [1.807, 2.05) is 6.92 Å². The van der Waals surface area contributed by atoms with Crippen LogP contribution in [0.2, 0.25) is 0 Å². The normalized spacial score (nSPS) is 13.2. The van der Waals surface area contributed by atoms with Gasteiger partial charge in [0.2, 0.25) is 11.9 Å². The van der Waals surface area contributed by atoms with Crippen molar-refractivity contribution in [2.45, 2.75) is 60.0 Å². The summed E-state index contributed by atoms with van der Waals surface area (Å²) in [7, 11) is 3.07. The monoisotopic (exact) mass is 341 g/mol. The summed E-state index contributed by atoms with van der Waals surface area (Å²) in [5, 5.41) is 0. The summed E-state index contributed by atoms with van der Waals surface area (Å²) in [4.78, 5) is 42.0. The van der Waals surface area contributed by atoms with E-state index >= 15 is 0 Å². The van der Waals surface area contributed by atoms with Crippen LogP contribution in [-0.4, -0.2) is 59.8 Å². The maximum atomic E-state index is 12.2. The second-order valence-electron chi connectivity index (χ2n) is 6.95. The van der Waals surface area contributed by atoms with Crippen LogP contribution in [0.5, 0.6) is 0 Å². The van der Waals surface area contributed by atoms with Gasteiger partial charge in [0.25, 0.3) is 0 Å². The molecule has 0 radical (unpaired) electrons. The molecule has 7 heteroatoms. The van der Waals surface area contributed by atoms with E-state index in [-0.39, 0.29) is 23.6 Å². The first-order valence-corrected chi connectivity index (χ1v) is 8.12. The van der Waals surface area contributed by atoms with E-state index < -0.39 is 11.7 Å². The molecule has 0 aromatic heterocycles. The Labute approximate surface area is 145 Å². The summed E-state index contributed by atoms with van der Waals surface area (Å²) < 4.78 is 5.31. The van der Waals surface area contributed by atoms with Crippen molar-refractivity contribution in [3.8, 4) is 0 Å². The molecule has 0 aliphatic rings. The highest BCUT2D eigenvalue weighted by atomic mass is 16.6. The highest BCUT2D eigenvalue weighted by molar-refractivity contribution is 6.02. The number of ether oxygens (including phenoxy) is 1. The van der Waals surface area contributed by atoms with Gasteiger partial charge in [-0.05, 0) is 40.5 Å². The van der Waals surface area contributed by atoms with Gasteiger partial charge in [-0.2, -0.15) is 0 Å². The Balaban J connectivity index is 5.04. The van der Waals surface area contributed by atoms with E-state index in [4.69, 9.17) is 4.74 Å². The number of guanidine groups is 1. The third-order valence-corrected chi connectivity index (χ3v) is 3.48. The van der Waals surface area contributed by atoms with Crippen molar-refractivity contribution < 1.29 is 19.1 Å². The minimum atomic E-state index is -0.637. The molecule has 7 nitrogen and oxygen atoms in total. The molecule has 0 rings (SSSR count). The van der Waals surface area contributed by atoms with Crippen LogP contribution < -0.4 is 0 Å². The molecule has 24 heavy (non-hydrogen) atoms. The lowest BCUT2D eigenvalue weighted by Crippen LogP contribution is -2.47. The van der Waals surface area contributed by atoms with Crippen molar-refractivity contribution in [3.63, 3.8) is 0 Å². The predicted octanol–water partition coefficient (Wildman–Crippen LogP) is 2.69. The number of aliphatic imine (C=N–C) groups is 1. The lowest BCUT2D eigenvalue weighted by Gasteiger charge is -2.28. The van der Waals surface area contributed by atoms with Crippen LogP contribution in [0.3, 0.4) is 0 Å². The molecule has 0 aromatic carbocycles. The van der Waals surface area contributed by atoms with Gasteiger partial charge in [0, 0.05) is 33.5 Å². The number of carbonyl (C=O) groups excluding carboxylic acids is 3. The Hall–Kier alpha value is -1.92. The maximum Gasteiger partial charge on any atom is 0.416 e. The molecule has 0 spiro atoms. The molecule has 0 saturated heterocycles. The Bertz CT molecular complexity index is 495. The van der Waals surface area contributed by atoms with Gasteiger partial charge in [-0.25, -0.2) is 4.79 Å². The number of nitrogens with zero attached hydrogens (tertiary/aromatic N) is 3. The van der Waals surface area contributed by atoms with E-state index in [1.165, 1.54) is 23.8 Å². The van der Waals surface area contributed by atoms with Gasteiger partial charge < -0.3 is 4.74 Å². The summed E-state index contributed by atoms with van der Waals surface area (Å²) in [6, 6.07) is 0. The fourth-order valence-corrected chi connectivity index (χ4v) is 1.77.